The summed E-state index contributed by atoms with van der Waals surface area (Å²) >= 11 is 3.59. The predicted octanol–water partition coefficient (Wildman–Crippen LogP) is 3.79. The molecule has 3 nitrogen and oxygen atoms in total. The molecular formula is C20H27BrN2O. The molecule has 3 atom stereocenters. The number of fused-ring (bicyclic) bond motifs is 2. The van der Waals surface area contributed by atoms with E-state index in [0.29, 0.717) is 0 Å². The maximum atomic E-state index is 5.32. The highest BCUT2D eigenvalue weighted by Crippen LogP contribution is 2.43. The van der Waals surface area contributed by atoms with Gasteiger partial charge in [0.1, 0.15) is 5.75 Å². The van der Waals surface area contributed by atoms with Crippen LogP contribution < -0.4 is 4.74 Å². The second-order valence-corrected chi connectivity index (χ2v) is 8.44. The minimum Gasteiger partial charge on any atom is -0.496 e. The van der Waals surface area contributed by atoms with Crippen LogP contribution in [-0.2, 0) is 6.54 Å². The van der Waals surface area contributed by atoms with Crippen LogP contribution in [0.15, 0.2) is 34.8 Å². The summed E-state index contributed by atoms with van der Waals surface area (Å²) in [4.78, 5) is 5.27. The number of nitrogens with zero attached hydrogens (tertiary/aromatic N) is 2. The minimum absolute atomic E-state index is 0.879. The molecule has 1 saturated carbocycles. The molecule has 0 aromatic heterocycles. The zero-order valence-corrected chi connectivity index (χ0v) is 16.0. The van der Waals surface area contributed by atoms with Crippen LogP contribution in [0.1, 0.15) is 18.4 Å². The number of allylic oxidation sites excluding steroid dienone is 2. The van der Waals surface area contributed by atoms with Gasteiger partial charge in [0.2, 0.25) is 0 Å². The standard InChI is InChI=1S/C20H27BrN2O/c1-24-20-5-3-16(12-19(20)21)13-22-6-8-23(9-7-22)14-18-11-15-2-4-17(18)10-15/h2-5,12,15,17-18H,6-11,13-14H2,1H3/t15-,17-,18+/m1/s1. The van der Waals surface area contributed by atoms with Gasteiger partial charge in [-0.3, -0.25) is 4.90 Å². The fourth-order valence-corrected chi connectivity index (χ4v) is 5.22. The third-order valence-electron chi connectivity index (χ3n) is 6.00. The van der Waals surface area contributed by atoms with E-state index in [4.69, 9.17) is 4.74 Å². The van der Waals surface area contributed by atoms with Crippen molar-refractivity contribution in [3.05, 3.63) is 40.4 Å². The molecule has 24 heavy (non-hydrogen) atoms. The van der Waals surface area contributed by atoms with E-state index in [1.165, 1.54) is 51.1 Å². The summed E-state index contributed by atoms with van der Waals surface area (Å²) in [7, 11) is 1.71. The third kappa shape index (κ3) is 3.56. The van der Waals surface area contributed by atoms with Gasteiger partial charge in [-0.15, -0.1) is 0 Å². The smallest absolute Gasteiger partial charge is 0.133 e. The van der Waals surface area contributed by atoms with E-state index >= 15 is 0 Å². The van der Waals surface area contributed by atoms with Gasteiger partial charge in [0.15, 0.2) is 0 Å². The van der Waals surface area contributed by atoms with E-state index < -0.39 is 0 Å². The molecule has 2 aliphatic carbocycles. The first-order valence-electron chi connectivity index (χ1n) is 9.16. The Bertz CT molecular complexity index is 610. The van der Waals surface area contributed by atoms with Crippen molar-refractivity contribution < 1.29 is 4.74 Å². The van der Waals surface area contributed by atoms with Crippen molar-refractivity contribution in [1.29, 1.82) is 0 Å². The number of hydrogen-bond acceptors (Lipinski definition) is 3. The number of benzene rings is 1. The number of methoxy groups -OCH3 is 1. The monoisotopic (exact) mass is 390 g/mol. The Morgan fingerprint density at radius 3 is 2.50 bits per heavy atom. The first-order chi connectivity index (χ1) is 11.7. The second-order valence-electron chi connectivity index (χ2n) is 7.59. The lowest BCUT2D eigenvalue weighted by atomic mass is 9.93. The quantitative estimate of drug-likeness (QED) is 0.711. The van der Waals surface area contributed by atoms with Gasteiger partial charge in [0.05, 0.1) is 11.6 Å². The molecule has 1 heterocycles. The molecule has 1 aromatic carbocycles. The Labute approximate surface area is 153 Å². The van der Waals surface area contributed by atoms with Crippen molar-refractivity contribution >= 4 is 15.9 Å². The molecule has 1 saturated heterocycles. The van der Waals surface area contributed by atoms with E-state index in [9.17, 15) is 0 Å². The fraction of sp³-hybridized carbons (Fsp3) is 0.600. The Hall–Kier alpha value is -0.840. The summed E-state index contributed by atoms with van der Waals surface area (Å²) in [5.74, 6) is 3.60. The van der Waals surface area contributed by atoms with Gasteiger partial charge in [-0.2, -0.15) is 0 Å². The lowest BCUT2D eigenvalue weighted by molar-refractivity contribution is 0.108. The Balaban J connectivity index is 1.25. The summed E-state index contributed by atoms with van der Waals surface area (Å²) in [6.45, 7) is 7.14. The van der Waals surface area contributed by atoms with Crippen LogP contribution in [-0.4, -0.2) is 49.6 Å². The molecule has 130 valence electrons. The van der Waals surface area contributed by atoms with Crippen LogP contribution in [0.3, 0.4) is 0 Å². The van der Waals surface area contributed by atoms with Gasteiger partial charge >= 0.3 is 0 Å². The SMILES string of the molecule is COc1ccc(CN2CCN(C[C@@H]3C[C@@H]4C=C[C@@H]3C4)CC2)cc1Br. The molecule has 0 amide bonds. The normalized spacial score (nSPS) is 30.2. The summed E-state index contributed by atoms with van der Waals surface area (Å²) in [6.07, 6.45) is 7.79. The Morgan fingerprint density at radius 2 is 1.88 bits per heavy atom. The molecule has 0 spiro atoms. The van der Waals surface area contributed by atoms with Crippen LogP contribution in [0.2, 0.25) is 0 Å². The van der Waals surface area contributed by atoms with Crippen molar-refractivity contribution in [3.63, 3.8) is 0 Å². The highest BCUT2D eigenvalue weighted by atomic mass is 79.9. The average molecular weight is 391 g/mol. The molecular weight excluding hydrogens is 364 g/mol. The lowest BCUT2D eigenvalue weighted by Gasteiger charge is -2.37. The number of hydrogen-bond donors (Lipinski definition) is 0. The number of rotatable bonds is 5. The maximum absolute atomic E-state index is 5.32. The van der Waals surface area contributed by atoms with Crippen LogP contribution in [0.5, 0.6) is 5.75 Å². The predicted molar refractivity (Wildman–Crippen MR) is 101 cm³/mol. The fourth-order valence-electron chi connectivity index (χ4n) is 4.63. The molecule has 2 fully saturated rings. The zero-order chi connectivity index (χ0) is 16.5. The van der Waals surface area contributed by atoms with Crippen LogP contribution in [0, 0.1) is 17.8 Å². The zero-order valence-electron chi connectivity index (χ0n) is 14.5. The molecule has 1 aliphatic heterocycles. The molecule has 0 unspecified atom stereocenters. The van der Waals surface area contributed by atoms with Crippen LogP contribution in [0.4, 0.5) is 0 Å². The summed E-state index contributed by atoms with van der Waals surface area (Å²) in [5.41, 5.74) is 1.36. The highest BCUT2D eigenvalue weighted by molar-refractivity contribution is 9.10. The highest BCUT2D eigenvalue weighted by Gasteiger charge is 2.36. The van der Waals surface area contributed by atoms with Crippen molar-refractivity contribution in [1.82, 2.24) is 9.80 Å². The van der Waals surface area contributed by atoms with Gasteiger partial charge in [-0.1, -0.05) is 18.2 Å². The van der Waals surface area contributed by atoms with Crippen molar-refractivity contribution in [2.75, 3.05) is 39.8 Å². The van der Waals surface area contributed by atoms with Gasteiger partial charge in [0, 0.05) is 39.3 Å². The van der Waals surface area contributed by atoms with Crippen molar-refractivity contribution in [2.45, 2.75) is 19.4 Å². The van der Waals surface area contributed by atoms with Crippen molar-refractivity contribution in [2.24, 2.45) is 17.8 Å². The minimum atomic E-state index is 0.879. The molecule has 2 bridgehead atoms. The molecule has 4 heteroatoms. The average Bonchev–Trinajstić information content (AvgIpc) is 3.20. The second kappa shape index (κ2) is 7.19. The molecule has 0 radical (unpaired) electrons. The van der Waals surface area contributed by atoms with Crippen LogP contribution in [0.25, 0.3) is 0 Å². The first kappa shape index (κ1) is 16.6. The summed E-state index contributed by atoms with van der Waals surface area (Å²) in [6, 6.07) is 6.42. The number of ether oxygens (including phenoxy) is 1. The van der Waals surface area contributed by atoms with E-state index in [2.05, 4.69) is 56.1 Å². The summed E-state index contributed by atoms with van der Waals surface area (Å²) < 4.78 is 6.36. The van der Waals surface area contributed by atoms with Gasteiger partial charge in [0.25, 0.3) is 0 Å². The van der Waals surface area contributed by atoms with Gasteiger partial charge in [-0.05, 0) is 64.2 Å². The molecule has 4 rings (SSSR count). The first-order valence-corrected chi connectivity index (χ1v) is 9.96. The van der Waals surface area contributed by atoms with Gasteiger partial charge < -0.3 is 9.64 Å². The molecule has 1 aromatic rings. The Kier molecular flexibility index (Phi) is 4.98. The molecule has 0 N–H and O–H groups in total. The van der Waals surface area contributed by atoms with Crippen molar-refractivity contribution in [3.8, 4) is 5.75 Å². The number of piperazine rings is 1. The summed E-state index contributed by atoms with van der Waals surface area (Å²) in [5, 5.41) is 0. The van der Waals surface area contributed by atoms with E-state index in [-0.39, 0.29) is 0 Å². The Morgan fingerprint density at radius 1 is 1.08 bits per heavy atom. The van der Waals surface area contributed by atoms with E-state index in [1.807, 2.05) is 0 Å². The number of halogens is 1. The van der Waals surface area contributed by atoms with Crippen LogP contribution >= 0.6 is 15.9 Å². The topological polar surface area (TPSA) is 15.7 Å². The molecule has 3 aliphatic rings. The lowest BCUT2D eigenvalue weighted by Crippen LogP contribution is -2.47. The van der Waals surface area contributed by atoms with E-state index in [1.54, 1.807) is 7.11 Å². The third-order valence-corrected chi connectivity index (χ3v) is 6.62. The largest absolute Gasteiger partial charge is 0.496 e. The maximum Gasteiger partial charge on any atom is 0.133 e. The van der Waals surface area contributed by atoms with Gasteiger partial charge in [-0.25, -0.2) is 0 Å². The van der Waals surface area contributed by atoms with E-state index in [0.717, 1.165) is 34.5 Å².